The summed E-state index contributed by atoms with van der Waals surface area (Å²) < 4.78 is 24.0. The summed E-state index contributed by atoms with van der Waals surface area (Å²) >= 11 is 0. The van der Waals surface area contributed by atoms with Crippen molar-refractivity contribution in [2.24, 2.45) is 0 Å². The van der Waals surface area contributed by atoms with Gasteiger partial charge in [0.1, 0.15) is 5.60 Å². The van der Waals surface area contributed by atoms with Crippen molar-refractivity contribution in [3.05, 3.63) is 0 Å². The molecule has 6 nitrogen and oxygen atoms in total. The molecule has 104 valence electrons. The average Bonchev–Trinajstić information content (AvgIpc) is 1.98. The largest absolute Gasteiger partial charge is 0.472 e. The molecule has 0 spiro atoms. The molecular weight excluding hydrogens is 247 g/mol. The Morgan fingerprint density at radius 3 is 1.65 bits per heavy atom. The van der Waals surface area contributed by atoms with E-state index in [1.807, 2.05) is 20.8 Å². The zero-order valence-electron chi connectivity index (χ0n) is 11.3. The molecular formula is C10H23O6P. The standard InChI is InChI=1S/C6H12O2.C4H11O4P/c1-5(7)8-6(2,3)4;1-3-7-9(5,6)8-4-2/h1-4H3;3-4H2,1-2H3,(H,5,6). The first-order valence-corrected chi connectivity index (χ1v) is 6.85. The molecule has 0 amide bonds. The summed E-state index contributed by atoms with van der Waals surface area (Å²) in [4.78, 5) is 18.9. The molecule has 0 rings (SSSR count). The van der Waals surface area contributed by atoms with Crippen LogP contribution in [0.5, 0.6) is 0 Å². The van der Waals surface area contributed by atoms with Crippen molar-refractivity contribution in [2.45, 2.75) is 47.1 Å². The number of ether oxygens (including phenoxy) is 1. The minimum atomic E-state index is -3.69. The van der Waals surface area contributed by atoms with Crippen LogP contribution in [-0.2, 0) is 23.1 Å². The van der Waals surface area contributed by atoms with Crippen LogP contribution in [0.2, 0.25) is 0 Å². The van der Waals surface area contributed by atoms with Gasteiger partial charge in [-0.2, -0.15) is 0 Å². The summed E-state index contributed by atoms with van der Waals surface area (Å²) in [7, 11) is -3.69. The minimum Gasteiger partial charge on any atom is -0.460 e. The van der Waals surface area contributed by atoms with E-state index in [-0.39, 0.29) is 24.8 Å². The lowest BCUT2D eigenvalue weighted by Crippen LogP contribution is -2.21. The fourth-order valence-electron chi connectivity index (χ4n) is 0.795. The Balaban J connectivity index is 0. The fourth-order valence-corrected chi connectivity index (χ4v) is 1.52. The van der Waals surface area contributed by atoms with Crippen LogP contribution in [0.15, 0.2) is 0 Å². The van der Waals surface area contributed by atoms with Crippen molar-refractivity contribution in [1.82, 2.24) is 0 Å². The molecule has 0 heterocycles. The Bertz CT molecular complexity index is 248. The maximum absolute atomic E-state index is 10.5. The van der Waals surface area contributed by atoms with Gasteiger partial charge in [0.2, 0.25) is 0 Å². The number of carbonyl (C=O) groups is 1. The van der Waals surface area contributed by atoms with Gasteiger partial charge in [-0.15, -0.1) is 0 Å². The third-order valence-electron chi connectivity index (χ3n) is 1.03. The summed E-state index contributed by atoms with van der Waals surface area (Å²) in [6.45, 7) is 10.6. The van der Waals surface area contributed by atoms with E-state index >= 15 is 0 Å². The molecule has 7 heteroatoms. The van der Waals surface area contributed by atoms with Crippen molar-refractivity contribution in [1.29, 1.82) is 0 Å². The SMILES string of the molecule is CC(=O)OC(C)(C)C.CCOP(=O)(O)OCC. The number of hydrogen-bond donors (Lipinski definition) is 1. The molecule has 1 N–H and O–H groups in total. The average molecular weight is 270 g/mol. The first-order valence-electron chi connectivity index (χ1n) is 5.35. The molecule has 0 unspecified atom stereocenters. The van der Waals surface area contributed by atoms with Gasteiger partial charge in [-0.05, 0) is 34.6 Å². The van der Waals surface area contributed by atoms with E-state index in [1.165, 1.54) is 6.92 Å². The van der Waals surface area contributed by atoms with E-state index in [0.29, 0.717) is 0 Å². The zero-order chi connectivity index (χ0) is 14.1. The number of phosphoric acid groups is 1. The van der Waals surface area contributed by atoms with Crippen LogP contribution in [0.3, 0.4) is 0 Å². The lowest BCUT2D eigenvalue weighted by molar-refractivity contribution is -0.151. The van der Waals surface area contributed by atoms with Gasteiger partial charge in [0, 0.05) is 6.92 Å². The monoisotopic (exact) mass is 270 g/mol. The van der Waals surface area contributed by atoms with Gasteiger partial charge >= 0.3 is 13.8 Å². The summed E-state index contributed by atoms with van der Waals surface area (Å²) in [6.07, 6.45) is 0. The quantitative estimate of drug-likeness (QED) is 0.624. The highest BCUT2D eigenvalue weighted by atomic mass is 31.2. The second-order valence-corrected chi connectivity index (χ2v) is 5.46. The van der Waals surface area contributed by atoms with Gasteiger partial charge in [0.05, 0.1) is 13.2 Å². The Morgan fingerprint density at radius 1 is 1.18 bits per heavy atom. The number of phosphoric ester groups is 1. The predicted octanol–water partition coefficient (Wildman–Crippen LogP) is 2.51. The molecule has 0 atom stereocenters. The van der Waals surface area contributed by atoms with Gasteiger partial charge in [-0.1, -0.05) is 0 Å². The fraction of sp³-hybridized carbons (Fsp3) is 0.900. The highest BCUT2D eigenvalue weighted by Gasteiger charge is 2.17. The summed E-state index contributed by atoms with van der Waals surface area (Å²) in [6, 6.07) is 0. The highest BCUT2D eigenvalue weighted by molar-refractivity contribution is 7.47. The van der Waals surface area contributed by atoms with Crippen LogP contribution < -0.4 is 0 Å². The lowest BCUT2D eigenvalue weighted by Gasteiger charge is -2.17. The third-order valence-corrected chi connectivity index (χ3v) is 2.20. The Hall–Kier alpha value is -0.420. The predicted molar refractivity (Wildman–Crippen MR) is 64.6 cm³/mol. The minimum absolute atomic E-state index is 0.188. The number of esters is 1. The summed E-state index contributed by atoms with van der Waals surface area (Å²) in [5, 5.41) is 0. The normalized spacial score (nSPS) is 11.5. The van der Waals surface area contributed by atoms with Gasteiger partial charge in [-0.3, -0.25) is 13.8 Å². The number of hydrogen-bond acceptors (Lipinski definition) is 5. The molecule has 0 bridgehead atoms. The van der Waals surface area contributed by atoms with Crippen LogP contribution in [0.25, 0.3) is 0 Å². The van der Waals surface area contributed by atoms with E-state index in [4.69, 9.17) is 9.63 Å². The van der Waals surface area contributed by atoms with Crippen molar-refractivity contribution in [2.75, 3.05) is 13.2 Å². The molecule has 17 heavy (non-hydrogen) atoms. The van der Waals surface area contributed by atoms with Crippen molar-refractivity contribution >= 4 is 13.8 Å². The second kappa shape index (κ2) is 8.64. The van der Waals surface area contributed by atoms with Crippen LogP contribution in [0.1, 0.15) is 41.5 Å². The first-order chi connectivity index (χ1) is 7.54. The molecule has 0 aromatic carbocycles. The lowest BCUT2D eigenvalue weighted by atomic mass is 10.2. The molecule has 0 aromatic heterocycles. The van der Waals surface area contributed by atoms with Crippen LogP contribution in [0, 0.1) is 0 Å². The second-order valence-electron chi connectivity index (χ2n) is 4.01. The molecule has 0 aliphatic rings. The van der Waals surface area contributed by atoms with Crippen LogP contribution >= 0.6 is 7.82 Å². The molecule has 0 aliphatic heterocycles. The maximum atomic E-state index is 10.5. The van der Waals surface area contributed by atoms with E-state index in [9.17, 15) is 9.36 Å². The number of carbonyl (C=O) groups excluding carboxylic acids is 1. The molecule has 0 aromatic rings. The smallest absolute Gasteiger partial charge is 0.460 e. The van der Waals surface area contributed by atoms with Crippen molar-refractivity contribution in [3.8, 4) is 0 Å². The first kappa shape index (κ1) is 18.9. The molecule has 0 saturated carbocycles. The Morgan fingerprint density at radius 2 is 1.53 bits per heavy atom. The number of rotatable bonds is 4. The zero-order valence-corrected chi connectivity index (χ0v) is 12.2. The van der Waals surface area contributed by atoms with E-state index in [1.54, 1.807) is 13.8 Å². The van der Waals surface area contributed by atoms with Crippen LogP contribution in [0.4, 0.5) is 0 Å². The van der Waals surface area contributed by atoms with Gasteiger partial charge in [0.25, 0.3) is 0 Å². The van der Waals surface area contributed by atoms with Gasteiger partial charge < -0.3 is 9.63 Å². The van der Waals surface area contributed by atoms with E-state index in [0.717, 1.165) is 0 Å². The van der Waals surface area contributed by atoms with Gasteiger partial charge in [0.15, 0.2) is 0 Å². The summed E-state index contributed by atoms with van der Waals surface area (Å²) in [5.74, 6) is -0.225. The van der Waals surface area contributed by atoms with Gasteiger partial charge in [-0.25, -0.2) is 4.57 Å². The molecule has 0 aliphatic carbocycles. The Labute approximate surface area is 103 Å². The molecule has 0 saturated heterocycles. The Kier molecular flexibility index (Phi) is 9.62. The van der Waals surface area contributed by atoms with E-state index in [2.05, 4.69) is 9.05 Å². The van der Waals surface area contributed by atoms with Crippen LogP contribution in [-0.4, -0.2) is 29.7 Å². The van der Waals surface area contributed by atoms with Crippen molar-refractivity contribution < 1.29 is 28.0 Å². The molecule has 0 fully saturated rings. The van der Waals surface area contributed by atoms with Crippen molar-refractivity contribution in [3.63, 3.8) is 0 Å². The third kappa shape index (κ3) is 18.2. The highest BCUT2D eigenvalue weighted by Crippen LogP contribution is 2.42. The van der Waals surface area contributed by atoms with E-state index < -0.39 is 7.82 Å². The topological polar surface area (TPSA) is 82.1 Å². The molecule has 0 radical (unpaired) electrons. The maximum Gasteiger partial charge on any atom is 0.472 e. The summed E-state index contributed by atoms with van der Waals surface area (Å²) in [5.41, 5.74) is -0.328.